The molecule has 140 valence electrons. The highest BCUT2D eigenvalue weighted by atomic mass is 19.1. The van der Waals surface area contributed by atoms with Gasteiger partial charge in [0.2, 0.25) is 0 Å². The number of carbonyl (C=O) groups excluding carboxylic acids is 1. The van der Waals surface area contributed by atoms with E-state index in [4.69, 9.17) is 9.15 Å². The van der Waals surface area contributed by atoms with E-state index in [0.29, 0.717) is 17.1 Å². The van der Waals surface area contributed by atoms with Crippen LogP contribution in [0.15, 0.2) is 76.9 Å². The predicted molar refractivity (Wildman–Crippen MR) is 101 cm³/mol. The number of carbonyl (C=O) groups is 1. The van der Waals surface area contributed by atoms with Gasteiger partial charge in [0.25, 0.3) is 5.91 Å². The zero-order valence-electron chi connectivity index (χ0n) is 14.9. The maximum absolute atomic E-state index is 13.2. The first-order valence-electron chi connectivity index (χ1n) is 8.54. The molecule has 0 fully saturated rings. The number of rotatable bonds is 7. The van der Waals surface area contributed by atoms with Gasteiger partial charge in [-0.3, -0.25) is 4.79 Å². The second-order valence-corrected chi connectivity index (χ2v) is 5.92. The molecule has 5 nitrogen and oxygen atoms in total. The Morgan fingerprint density at radius 3 is 2.68 bits per heavy atom. The van der Waals surface area contributed by atoms with Crippen LogP contribution in [-0.2, 0) is 17.9 Å². The van der Waals surface area contributed by atoms with Crippen molar-refractivity contribution in [2.45, 2.75) is 13.2 Å². The molecule has 1 N–H and O–H groups in total. The Balaban J connectivity index is 1.59. The van der Waals surface area contributed by atoms with Crippen molar-refractivity contribution >= 4 is 12.0 Å². The van der Waals surface area contributed by atoms with Gasteiger partial charge >= 0.3 is 0 Å². The van der Waals surface area contributed by atoms with Gasteiger partial charge in [-0.2, -0.15) is 5.26 Å². The van der Waals surface area contributed by atoms with Crippen LogP contribution >= 0.6 is 0 Å². The molecule has 0 aliphatic heterocycles. The Bertz CT molecular complexity index is 1000. The smallest absolute Gasteiger partial charge is 0.262 e. The summed E-state index contributed by atoms with van der Waals surface area (Å²) < 4.78 is 23.9. The monoisotopic (exact) mass is 376 g/mol. The van der Waals surface area contributed by atoms with Gasteiger partial charge in [-0.25, -0.2) is 4.39 Å². The third kappa shape index (κ3) is 5.32. The van der Waals surface area contributed by atoms with E-state index in [2.05, 4.69) is 5.32 Å². The molecule has 1 amide bonds. The minimum absolute atomic E-state index is 0.0139. The standard InChI is InChI=1S/C22H17FN2O3/c23-19-4-1-3-17(12-19)15-28-20-8-6-16(7-9-20)11-18(13-24)22(26)25-14-21-5-2-10-27-21/h1-12H,14-15H2,(H,25,26)/b18-11+. The van der Waals surface area contributed by atoms with Gasteiger partial charge in [-0.1, -0.05) is 24.3 Å². The molecular formula is C22H17FN2O3. The van der Waals surface area contributed by atoms with Crippen LogP contribution < -0.4 is 10.1 Å². The lowest BCUT2D eigenvalue weighted by atomic mass is 10.1. The van der Waals surface area contributed by atoms with Crippen LogP contribution in [0.25, 0.3) is 6.08 Å². The summed E-state index contributed by atoms with van der Waals surface area (Å²) in [5.74, 6) is 0.411. The normalized spacial score (nSPS) is 10.9. The Kier molecular flexibility index (Phi) is 6.21. The molecule has 3 aromatic rings. The van der Waals surface area contributed by atoms with Gasteiger partial charge in [0, 0.05) is 0 Å². The average Bonchev–Trinajstić information content (AvgIpc) is 3.23. The van der Waals surface area contributed by atoms with Crippen molar-refractivity contribution in [3.05, 3.63) is 95.2 Å². The van der Waals surface area contributed by atoms with Crippen LogP contribution in [-0.4, -0.2) is 5.91 Å². The lowest BCUT2D eigenvalue weighted by Crippen LogP contribution is -2.23. The number of halogens is 1. The van der Waals surface area contributed by atoms with Gasteiger partial charge in [-0.15, -0.1) is 0 Å². The van der Waals surface area contributed by atoms with Crippen LogP contribution in [0, 0.1) is 17.1 Å². The van der Waals surface area contributed by atoms with Crippen LogP contribution in [0.2, 0.25) is 0 Å². The number of ether oxygens (including phenoxy) is 1. The van der Waals surface area contributed by atoms with Crippen LogP contribution in [0.4, 0.5) is 4.39 Å². The molecule has 0 aliphatic rings. The average molecular weight is 376 g/mol. The predicted octanol–water partition coefficient (Wildman–Crippen LogP) is 4.22. The first-order valence-corrected chi connectivity index (χ1v) is 8.54. The first kappa shape index (κ1) is 18.9. The van der Waals surface area contributed by atoms with Crippen molar-refractivity contribution in [3.63, 3.8) is 0 Å². The fourth-order valence-corrected chi connectivity index (χ4v) is 2.44. The largest absolute Gasteiger partial charge is 0.489 e. The van der Waals surface area contributed by atoms with Crippen molar-refractivity contribution in [2.24, 2.45) is 0 Å². The van der Waals surface area contributed by atoms with Crippen LogP contribution in [0.5, 0.6) is 5.75 Å². The van der Waals surface area contributed by atoms with Crippen LogP contribution in [0.1, 0.15) is 16.9 Å². The third-order valence-electron chi connectivity index (χ3n) is 3.85. The number of nitrogens with zero attached hydrogens (tertiary/aromatic N) is 1. The fraction of sp³-hybridized carbons (Fsp3) is 0.0909. The zero-order valence-corrected chi connectivity index (χ0v) is 14.9. The van der Waals surface area contributed by atoms with Gasteiger partial charge in [0.05, 0.1) is 12.8 Å². The maximum atomic E-state index is 13.2. The topological polar surface area (TPSA) is 75.3 Å². The lowest BCUT2D eigenvalue weighted by Gasteiger charge is -2.07. The third-order valence-corrected chi connectivity index (χ3v) is 3.85. The minimum atomic E-state index is -0.481. The SMILES string of the molecule is N#C/C(=C\c1ccc(OCc2cccc(F)c2)cc1)C(=O)NCc1ccco1. The Morgan fingerprint density at radius 1 is 1.18 bits per heavy atom. The summed E-state index contributed by atoms with van der Waals surface area (Å²) in [7, 11) is 0. The van der Waals surface area contributed by atoms with E-state index in [1.54, 1.807) is 48.5 Å². The van der Waals surface area contributed by atoms with E-state index in [1.807, 2.05) is 6.07 Å². The van der Waals surface area contributed by atoms with E-state index in [-0.39, 0.29) is 24.5 Å². The molecule has 0 bridgehead atoms. The lowest BCUT2D eigenvalue weighted by molar-refractivity contribution is -0.117. The number of nitriles is 1. The van der Waals surface area contributed by atoms with Crippen molar-refractivity contribution in [1.29, 1.82) is 5.26 Å². The fourth-order valence-electron chi connectivity index (χ4n) is 2.44. The summed E-state index contributed by atoms with van der Waals surface area (Å²) in [4.78, 5) is 12.1. The first-order chi connectivity index (χ1) is 13.6. The molecule has 0 aliphatic carbocycles. The van der Waals surface area contributed by atoms with Crippen LogP contribution in [0.3, 0.4) is 0 Å². The summed E-state index contributed by atoms with van der Waals surface area (Å²) in [5, 5.41) is 11.9. The van der Waals surface area contributed by atoms with Crippen molar-refractivity contribution in [2.75, 3.05) is 0 Å². The zero-order chi connectivity index (χ0) is 19.8. The Labute approximate surface area is 161 Å². The quantitative estimate of drug-likeness (QED) is 0.495. The molecule has 0 spiro atoms. The van der Waals surface area contributed by atoms with E-state index < -0.39 is 5.91 Å². The molecule has 0 radical (unpaired) electrons. The summed E-state index contributed by atoms with van der Waals surface area (Å²) in [6.45, 7) is 0.448. The molecule has 28 heavy (non-hydrogen) atoms. The number of nitrogens with one attached hydrogen (secondary N) is 1. The molecular weight excluding hydrogens is 359 g/mol. The van der Waals surface area contributed by atoms with Crippen molar-refractivity contribution < 1.29 is 18.3 Å². The summed E-state index contributed by atoms with van der Waals surface area (Å²) in [6, 6.07) is 18.5. The highest BCUT2D eigenvalue weighted by Crippen LogP contribution is 2.16. The second-order valence-electron chi connectivity index (χ2n) is 5.92. The van der Waals surface area contributed by atoms with E-state index >= 15 is 0 Å². The van der Waals surface area contributed by atoms with Crippen molar-refractivity contribution in [1.82, 2.24) is 5.32 Å². The Hall–Kier alpha value is -3.85. The van der Waals surface area contributed by atoms with Crippen molar-refractivity contribution in [3.8, 4) is 11.8 Å². The summed E-state index contributed by atoms with van der Waals surface area (Å²) >= 11 is 0. The number of hydrogen-bond donors (Lipinski definition) is 1. The number of benzene rings is 2. The molecule has 2 aromatic carbocycles. The number of hydrogen-bond acceptors (Lipinski definition) is 4. The molecule has 0 atom stereocenters. The van der Waals surface area contributed by atoms with Gasteiger partial charge in [-0.05, 0) is 53.6 Å². The Morgan fingerprint density at radius 2 is 2.00 bits per heavy atom. The molecule has 6 heteroatoms. The number of amides is 1. The maximum Gasteiger partial charge on any atom is 0.262 e. The van der Waals surface area contributed by atoms with Gasteiger partial charge < -0.3 is 14.5 Å². The molecule has 1 aromatic heterocycles. The molecule has 0 saturated heterocycles. The van der Waals surface area contributed by atoms with E-state index in [0.717, 1.165) is 5.56 Å². The highest BCUT2D eigenvalue weighted by molar-refractivity contribution is 6.01. The molecule has 1 heterocycles. The number of furan rings is 1. The molecule has 0 saturated carbocycles. The molecule has 3 rings (SSSR count). The molecule has 0 unspecified atom stereocenters. The summed E-state index contributed by atoms with van der Waals surface area (Å²) in [6.07, 6.45) is 3.01. The summed E-state index contributed by atoms with van der Waals surface area (Å²) in [5.41, 5.74) is 1.40. The van der Waals surface area contributed by atoms with E-state index in [9.17, 15) is 14.4 Å². The second kappa shape index (κ2) is 9.19. The minimum Gasteiger partial charge on any atom is -0.489 e. The van der Waals surface area contributed by atoms with E-state index in [1.165, 1.54) is 24.5 Å². The highest BCUT2D eigenvalue weighted by Gasteiger charge is 2.09. The van der Waals surface area contributed by atoms with Gasteiger partial charge in [0.1, 0.15) is 35.6 Å². The van der Waals surface area contributed by atoms with Gasteiger partial charge in [0.15, 0.2) is 0 Å².